The molecule has 2 rings (SSSR count). The molecule has 116 valence electrons. The minimum Gasteiger partial charge on any atom is -0.481 e. The zero-order valence-corrected chi connectivity index (χ0v) is 13.6. The Balaban J connectivity index is 2.01. The van der Waals surface area contributed by atoms with Crippen LogP contribution in [0.2, 0.25) is 0 Å². The lowest BCUT2D eigenvalue weighted by Crippen LogP contribution is -2.30. The second-order valence-electron chi connectivity index (χ2n) is 5.50. The van der Waals surface area contributed by atoms with Gasteiger partial charge in [0.2, 0.25) is 0 Å². The maximum Gasteiger partial charge on any atom is 0.265 e. The van der Waals surface area contributed by atoms with Crippen molar-refractivity contribution in [1.82, 2.24) is 0 Å². The summed E-state index contributed by atoms with van der Waals surface area (Å²) in [7, 11) is 0. The minimum absolute atomic E-state index is 0.148. The lowest BCUT2D eigenvalue weighted by molar-refractivity contribution is -0.122. The standard InChI is InChI=1S/C19H23NO2/c1-5-16-9-11-17(12-10-16)20-19(21)15(4)22-18-8-6-7-13(2)14(18)3/h6-12,15H,5H2,1-4H3,(H,20,21). The van der Waals surface area contributed by atoms with E-state index in [1.807, 2.05) is 56.3 Å². The SMILES string of the molecule is CCc1ccc(NC(=O)C(C)Oc2cccc(C)c2C)cc1. The highest BCUT2D eigenvalue weighted by molar-refractivity contribution is 5.94. The van der Waals surface area contributed by atoms with E-state index in [9.17, 15) is 4.79 Å². The Morgan fingerprint density at radius 2 is 1.82 bits per heavy atom. The molecule has 0 radical (unpaired) electrons. The first-order chi connectivity index (χ1) is 10.5. The van der Waals surface area contributed by atoms with Gasteiger partial charge in [0.05, 0.1) is 0 Å². The molecule has 0 saturated carbocycles. The van der Waals surface area contributed by atoms with Gasteiger partial charge < -0.3 is 10.1 Å². The molecule has 3 heteroatoms. The molecule has 1 unspecified atom stereocenters. The third-order valence-corrected chi connectivity index (χ3v) is 3.86. The van der Waals surface area contributed by atoms with Crippen molar-refractivity contribution < 1.29 is 9.53 Å². The van der Waals surface area contributed by atoms with Crippen LogP contribution < -0.4 is 10.1 Å². The van der Waals surface area contributed by atoms with Gasteiger partial charge >= 0.3 is 0 Å². The van der Waals surface area contributed by atoms with E-state index in [1.54, 1.807) is 6.92 Å². The van der Waals surface area contributed by atoms with Crippen LogP contribution in [0.25, 0.3) is 0 Å². The number of amides is 1. The lowest BCUT2D eigenvalue weighted by Gasteiger charge is -2.17. The maximum absolute atomic E-state index is 12.2. The molecule has 1 N–H and O–H groups in total. The fourth-order valence-corrected chi connectivity index (χ4v) is 2.16. The van der Waals surface area contributed by atoms with Gasteiger partial charge in [-0.1, -0.05) is 31.2 Å². The van der Waals surface area contributed by atoms with Gasteiger partial charge in [-0.25, -0.2) is 0 Å². The average Bonchev–Trinajstić information content (AvgIpc) is 2.52. The molecule has 0 bridgehead atoms. The van der Waals surface area contributed by atoms with Crippen LogP contribution in [0.15, 0.2) is 42.5 Å². The van der Waals surface area contributed by atoms with Gasteiger partial charge in [-0.2, -0.15) is 0 Å². The number of ether oxygens (including phenoxy) is 1. The summed E-state index contributed by atoms with van der Waals surface area (Å²) in [5.74, 6) is 0.606. The van der Waals surface area contributed by atoms with Crippen molar-refractivity contribution in [2.45, 2.75) is 40.2 Å². The molecule has 0 aromatic heterocycles. The molecule has 0 heterocycles. The first kappa shape index (κ1) is 16.1. The van der Waals surface area contributed by atoms with E-state index in [0.717, 1.165) is 29.0 Å². The number of rotatable bonds is 5. The number of carbonyl (C=O) groups excluding carboxylic acids is 1. The molecule has 2 aromatic carbocycles. The molecule has 0 saturated heterocycles. The molecule has 2 aromatic rings. The topological polar surface area (TPSA) is 38.3 Å². The van der Waals surface area contributed by atoms with E-state index in [0.29, 0.717) is 0 Å². The summed E-state index contributed by atoms with van der Waals surface area (Å²) in [6, 6.07) is 13.7. The van der Waals surface area contributed by atoms with E-state index in [-0.39, 0.29) is 5.91 Å². The van der Waals surface area contributed by atoms with E-state index < -0.39 is 6.10 Å². The van der Waals surface area contributed by atoms with Crippen molar-refractivity contribution in [3.8, 4) is 5.75 Å². The molecule has 0 fully saturated rings. The zero-order chi connectivity index (χ0) is 16.1. The van der Waals surface area contributed by atoms with Crippen molar-refractivity contribution in [2.75, 3.05) is 5.32 Å². The zero-order valence-electron chi connectivity index (χ0n) is 13.6. The Morgan fingerprint density at radius 3 is 2.45 bits per heavy atom. The van der Waals surface area contributed by atoms with Gasteiger partial charge in [0.1, 0.15) is 5.75 Å². The molecule has 22 heavy (non-hydrogen) atoms. The largest absolute Gasteiger partial charge is 0.481 e. The van der Waals surface area contributed by atoms with Crippen molar-refractivity contribution in [1.29, 1.82) is 0 Å². The smallest absolute Gasteiger partial charge is 0.265 e. The number of carbonyl (C=O) groups is 1. The van der Waals surface area contributed by atoms with Crippen molar-refractivity contribution in [2.24, 2.45) is 0 Å². The highest BCUT2D eigenvalue weighted by Gasteiger charge is 2.16. The Labute approximate surface area is 132 Å². The number of nitrogens with one attached hydrogen (secondary N) is 1. The summed E-state index contributed by atoms with van der Waals surface area (Å²) in [5, 5.41) is 2.88. The van der Waals surface area contributed by atoms with Crippen LogP contribution >= 0.6 is 0 Å². The second-order valence-corrected chi connectivity index (χ2v) is 5.50. The van der Waals surface area contributed by atoms with Crippen molar-refractivity contribution >= 4 is 11.6 Å². The van der Waals surface area contributed by atoms with Crippen molar-refractivity contribution in [3.05, 3.63) is 59.2 Å². The first-order valence-corrected chi connectivity index (χ1v) is 7.64. The Kier molecular flexibility index (Phi) is 5.21. The molecular weight excluding hydrogens is 274 g/mol. The predicted octanol–water partition coefficient (Wildman–Crippen LogP) is 4.27. The van der Waals surface area contributed by atoms with Crippen LogP contribution in [0.3, 0.4) is 0 Å². The van der Waals surface area contributed by atoms with Gasteiger partial charge in [-0.15, -0.1) is 0 Å². The van der Waals surface area contributed by atoms with Crippen LogP contribution in [-0.4, -0.2) is 12.0 Å². The fraction of sp³-hybridized carbons (Fsp3) is 0.316. The third-order valence-electron chi connectivity index (χ3n) is 3.86. The van der Waals surface area contributed by atoms with E-state index >= 15 is 0 Å². The predicted molar refractivity (Wildman–Crippen MR) is 90.5 cm³/mol. The molecular formula is C19H23NO2. The monoisotopic (exact) mass is 297 g/mol. The minimum atomic E-state index is -0.550. The number of hydrogen-bond donors (Lipinski definition) is 1. The summed E-state index contributed by atoms with van der Waals surface area (Å²) in [6.07, 6.45) is 0.437. The lowest BCUT2D eigenvalue weighted by atomic mass is 10.1. The summed E-state index contributed by atoms with van der Waals surface area (Å²) in [6.45, 7) is 7.90. The molecule has 0 aliphatic rings. The van der Waals surface area contributed by atoms with E-state index in [1.165, 1.54) is 5.56 Å². The van der Waals surface area contributed by atoms with E-state index in [2.05, 4.69) is 12.2 Å². The second kappa shape index (κ2) is 7.12. The fourth-order valence-electron chi connectivity index (χ4n) is 2.16. The quantitative estimate of drug-likeness (QED) is 0.895. The summed E-state index contributed by atoms with van der Waals surface area (Å²) < 4.78 is 5.79. The highest BCUT2D eigenvalue weighted by atomic mass is 16.5. The Bertz CT molecular complexity index is 647. The molecule has 0 aliphatic carbocycles. The Hall–Kier alpha value is -2.29. The molecule has 1 atom stereocenters. The maximum atomic E-state index is 12.2. The van der Waals surface area contributed by atoms with Gasteiger partial charge in [0.15, 0.2) is 6.10 Å². The van der Waals surface area contributed by atoms with Crippen LogP contribution in [-0.2, 0) is 11.2 Å². The number of aryl methyl sites for hydroxylation is 2. The average molecular weight is 297 g/mol. The molecule has 0 spiro atoms. The van der Waals surface area contributed by atoms with Crippen LogP contribution in [0.5, 0.6) is 5.75 Å². The van der Waals surface area contributed by atoms with Gasteiger partial charge in [0, 0.05) is 5.69 Å². The van der Waals surface area contributed by atoms with Crippen LogP contribution in [0.4, 0.5) is 5.69 Å². The summed E-state index contributed by atoms with van der Waals surface area (Å²) >= 11 is 0. The van der Waals surface area contributed by atoms with Gasteiger partial charge in [-0.05, 0) is 62.1 Å². The number of benzene rings is 2. The first-order valence-electron chi connectivity index (χ1n) is 7.64. The molecule has 1 amide bonds. The molecule has 3 nitrogen and oxygen atoms in total. The van der Waals surface area contributed by atoms with Crippen LogP contribution in [0, 0.1) is 13.8 Å². The third kappa shape index (κ3) is 3.88. The summed E-state index contributed by atoms with van der Waals surface area (Å²) in [4.78, 5) is 12.2. The van der Waals surface area contributed by atoms with Gasteiger partial charge in [-0.3, -0.25) is 4.79 Å². The van der Waals surface area contributed by atoms with Crippen molar-refractivity contribution in [3.63, 3.8) is 0 Å². The summed E-state index contributed by atoms with van der Waals surface area (Å²) in [5.41, 5.74) is 4.26. The number of hydrogen-bond acceptors (Lipinski definition) is 2. The van der Waals surface area contributed by atoms with Gasteiger partial charge in [0.25, 0.3) is 5.91 Å². The highest BCUT2D eigenvalue weighted by Crippen LogP contribution is 2.22. The number of anilines is 1. The normalized spacial score (nSPS) is 11.8. The molecule has 0 aliphatic heterocycles. The van der Waals surface area contributed by atoms with E-state index in [4.69, 9.17) is 4.74 Å². The Morgan fingerprint density at radius 1 is 1.14 bits per heavy atom. The van der Waals surface area contributed by atoms with Crippen LogP contribution in [0.1, 0.15) is 30.5 Å².